The lowest BCUT2D eigenvalue weighted by Gasteiger charge is -2.20. The van der Waals surface area contributed by atoms with Crippen molar-refractivity contribution in [3.8, 4) is 5.40 Å². The van der Waals surface area contributed by atoms with Crippen LogP contribution in [0.15, 0.2) is 24.3 Å². The molecule has 1 aromatic rings. The van der Waals surface area contributed by atoms with Gasteiger partial charge in [-0.05, 0) is 49.9 Å². The third-order valence-corrected chi connectivity index (χ3v) is 3.12. The third-order valence-electron chi connectivity index (χ3n) is 2.59. The molecule has 0 radical (unpaired) electrons. The highest BCUT2D eigenvalue weighted by Crippen LogP contribution is 2.16. The van der Waals surface area contributed by atoms with Crippen molar-refractivity contribution < 1.29 is 4.79 Å². The number of rotatable bonds is 6. The zero-order valence-electron chi connectivity index (χ0n) is 10.1. The summed E-state index contributed by atoms with van der Waals surface area (Å²) in [7, 11) is 0. The van der Waals surface area contributed by atoms with Gasteiger partial charge in [0, 0.05) is 24.3 Å². The quantitative estimate of drug-likeness (QED) is 0.573. The van der Waals surface area contributed by atoms with Gasteiger partial charge >= 0.3 is 0 Å². The minimum atomic E-state index is 0.00245. The van der Waals surface area contributed by atoms with E-state index in [1.54, 1.807) is 0 Å². The fraction of sp³-hybridized carbons (Fsp3) is 0.385. The van der Waals surface area contributed by atoms with Gasteiger partial charge in [0.25, 0.3) is 0 Å². The summed E-state index contributed by atoms with van der Waals surface area (Å²) in [5.41, 5.74) is 1.79. The van der Waals surface area contributed by atoms with Crippen molar-refractivity contribution in [2.24, 2.45) is 0 Å². The minimum Gasteiger partial charge on any atom is -0.372 e. The van der Waals surface area contributed by atoms with Crippen LogP contribution in [0.3, 0.4) is 0 Å². The monoisotopic (exact) mass is 248 g/mol. The van der Waals surface area contributed by atoms with Crippen LogP contribution in [0.25, 0.3) is 0 Å². The molecule has 0 heterocycles. The van der Waals surface area contributed by atoms with Crippen LogP contribution in [0.1, 0.15) is 24.2 Å². The van der Waals surface area contributed by atoms with Crippen molar-refractivity contribution in [1.82, 2.24) is 0 Å². The molecule has 0 aliphatic rings. The van der Waals surface area contributed by atoms with Crippen molar-refractivity contribution >= 4 is 23.2 Å². The zero-order valence-corrected chi connectivity index (χ0v) is 11.0. The van der Waals surface area contributed by atoms with Gasteiger partial charge in [-0.1, -0.05) is 0 Å². The molecule has 0 aliphatic carbocycles. The Morgan fingerprint density at radius 1 is 1.29 bits per heavy atom. The first kappa shape index (κ1) is 13.6. The number of Topliss-reactive ketones (excluding diaryl/α,β-unsaturated/α-hetero) is 1. The van der Waals surface area contributed by atoms with Crippen LogP contribution in [0.5, 0.6) is 0 Å². The molecule has 1 rings (SSSR count). The van der Waals surface area contributed by atoms with Crippen LogP contribution in [0, 0.1) is 10.7 Å². The van der Waals surface area contributed by atoms with E-state index in [4.69, 9.17) is 5.26 Å². The van der Waals surface area contributed by atoms with E-state index < -0.39 is 0 Å². The minimum absolute atomic E-state index is 0.00245. The van der Waals surface area contributed by atoms with Gasteiger partial charge in [0.2, 0.25) is 0 Å². The Labute approximate surface area is 106 Å². The van der Waals surface area contributed by atoms with Gasteiger partial charge in [0.05, 0.1) is 5.75 Å². The number of anilines is 1. The number of carbonyl (C=O) groups is 1. The van der Waals surface area contributed by atoms with Gasteiger partial charge in [-0.15, -0.1) is 0 Å². The Kier molecular flexibility index (Phi) is 5.58. The Balaban J connectivity index is 2.74. The number of hydrogen-bond acceptors (Lipinski definition) is 4. The second-order valence-corrected chi connectivity index (χ2v) is 4.28. The zero-order chi connectivity index (χ0) is 12.7. The molecular formula is C13H16N2OS. The van der Waals surface area contributed by atoms with Crippen LogP contribution >= 0.6 is 11.8 Å². The van der Waals surface area contributed by atoms with E-state index in [0.717, 1.165) is 30.5 Å². The van der Waals surface area contributed by atoms with E-state index in [0.29, 0.717) is 5.56 Å². The molecule has 0 N–H and O–H groups in total. The highest BCUT2D eigenvalue weighted by Gasteiger charge is 2.07. The van der Waals surface area contributed by atoms with Crippen molar-refractivity contribution in [2.75, 3.05) is 23.7 Å². The number of benzene rings is 1. The Morgan fingerprint density at radius 2 is 1.88 bits per heavy atom. The molecule has 0 saturated heterocycles. The largest absolute Gasteiger partial charge is 0.372 e. The van der Waals surface area contributed by atoms with E-state index in [1.165, 1.54) is 0 Å². The highest BCUT2D eigenvalue weighted by molar-refractivity contribution is 8.04. The fourth-order valence-corrected chi connectivity index (χ4v) is 1.99. The van der Waals surface area contributed by atoms with Gasteiger partial charge in [-0.25, -0.2) is 0 Å². The molecule has 1 aromatic carbocycles. The summed E-state index contributed by atoms with van der Waals surface area (Å²) in [6.07, 6.45) is 0. The van der Waals surface area contributed by atoms with Crippen LogP contribution in [-0.4, -0.2) is 24.6 Å². The second kappa shape index (κ2) is 6.97. The average molecular weight is 248 g/mol. The fourth-order valence-electron chi connectivity index (χ4n) is 1.63. The molecule has 4 heteroatoms. The van der Waals surface area contributed by atoms with Gasteiger partial charge < -0.3 is 4.90 Å². The van der Waals surface area contributed by atoms with E-state index in [2.05, 4.69) is 18.7 Å². The van der Waals surface area contributed by atoms with Crippen molar-refractivity contribution in [3.63, 3.8) is 0 Å². The van der Waals surface area contributed by atoms with Crippen LogP contribution in [-0.2, 0) is 0 Å². The Hall–Kier alpha value is -1.47. The number of thioether (sulfide) groups is 1. The summed E-state index contributed by atoms with van der Waals surface area (Å²) in [5.74, 6) is 0.226. The van der Waals surface area contributed by atoms with Crippen LogP contribution < -0.4 is 4.90 Å². The molecule has 3 nitrogen and oxygen atoms in total. The SMILES string of the molecule is CCN(CC)c1ccc(C(=O)CSC#N)cc1. The molecule has 0 atom stereocenters. The van der Waals surface area contributed by atoms with E-state index >= 15 is 0 Å². The topological polar surface area (TPSA) is 44.1 Å². The molecule has 0 fully saturated rings. The van der Waals surface area contributed by atoms with Gasteiger partial charge in [-0.2, -0.15) is 5.26 Å². The summed E-state index contributed by atoms with van der Waals surface area (Å²) in [4.78, 5) is 13.9. The Bertz CT molecular complexity index is 404. The number of carbonyl (C=O) groups excluding carboxylic acids is 1. The summed E-state index contributed by atoms with van der Waals surface area (Å²) in [6, 6.07) is 7.57. The number of nitriles is 1. The maximum atomic E-state index is 11.6. The lowest BCUT2D eigenvalue weighted by atomic mass is 10.1. The number of ketones is 1. The molecule has 0 aromatic heterocycles. The van der Waals surface area contributed by atoms with Crippen LogP contribution in [0.2, 0.25) is 0 Å². The maximum Gasteiger partial charge on any atom is 0.173 e. The molecule has 0 spiro atoms. The molecule has 90 valence electrons. The highest BCUT2D eigenvalue weighted by atomic mass is 32.2. The van der Waals surface area contributed by atoms with Crippen molar-refractivity contribution in [2.45, 2.75) is 13.8 Å². The molecule has 17 heavy (non-hydrogen) atoms. The van der Waals surface area contributed by atoms with E-state index in [9.17, 15) is 4.79 Å². The lowest BCUT2D eigenvalue weighted by Crippen LogP contribution is -2.21. The third kappa shape index (κ3) is 3.79. The van der Waals surface area contributed by atoms with Gasteiger partial charge in [0.15, 0.2) is 5.78 Å². The predicted octanol–water partition coefficient (Wildman–Crippen LogP) is 2.93. The molecule has 0 saturated carbocycles. The van der Waals surface area contributed by atoms with Crippen molar-refractivity contribution in [3.05, 3.63) is 29.8 Å². The smallest absolute Gasteiger partial charge is 0.173 e. The molecule has 0 unspecified atom stereocenters. The molecule has 0 bridgehead atoms. The molecular weight excluding hydrogens is 232 g/mol. The first-order valence-corrected chi connectivity index (χ1v) is 6.60. The first-order valence-electron chi connectivity index (χ1n) is 5.62. The van der Waals surface area contributed by atoms with E-state index in [1.807, 2.05) is 29.7 Å². The summed E-state index contributed by atoms with van der Waals surface area (Å²) in [5, 5.41) is 10.3. The lowest BCUT2D eigenvalue weighted by molar-refractivity contribution is 0.102. The second-order valence-electron chi connectivity index (χ2n) is 3.52. The average Bonchev–Trinajstić information content (AvgIpc) is 2.38. The molecule has 0 amide bonds. The van der Waals surface area contributed by atoms with E-state index in [-0.39, 0.29) is 11.5 Å². The summed E-state index contributed by atoms with van der Waals surface area (Å²) >= 11 is 0.976. The van der Waals surface area contributed by atoms with Crippen molar-refractivity contribution in [1.29, 1.82) is 5.26 Å². The van der Waals surface area contributed by atoms with Gasteiger partial charge in [-0.3, -0.25) is 4.79 Å². The standard InChI is InChI=1S/C13H16N2OS/c1-3-15(4-2)12-7-5-11(6-8-12)13(16)9-17-10-14/h5-8H,3-4,9H2,1-2H3. The van der Waals surface area contributed by atoms with Crippen LogP contribution in [0.4, 0.5) is 5.69 Å². The summed E-state index contributed by atoms with van der Waals surface area (Å²) < 4.78 is 0. The molecule has 0 aliphatic heterocycles. The summed E-state index contributed by atoms with van der Waals surface area (Å²) in [6.45, 7) is 6.11. The predicted molar refractivity (Wildman–Crippen MR) is 72.4 cm³/mol. The number of nitrogens with zero attached hydrogens (tertiary/aromatic N) is 2. The maximum absolute atomic E-state index is 11.6. The number of thiocyanates is 1. The van der Waals surface area contributed by atoms with Gasteiger partial charge in [0.1, 0.15) is 5.40 Å². The first-order chi connectivity index (χ1) is 8.22. The Morgan fingerprint density at radius 3 is 2.35 bits per heavy atom. The normalized spacial score (nSPS) is 9.71. The number of hydrogen-bond donors (Lipinski definition) is 0.